The number of nitrogens with zero attached hydrogens (tertiary/aromatic N) is 2. The number of imidazole rings is 1. The lowest BCUT2D eigenvalue weighted by Crippen LogP contribution is -2.02. The van der Waals surface area contributed by atoms with Crippen molar-refractivity contribution in [3.8, 4) is 0 Å². The second kappa shape index (κ2) is 5.60. The maximum Gasteiger partial charge on any atom is 0.323 e. The summed E-state index contributed by atoms with van der Waals surface area (Å²) in [7, 11) is 0. The Hall–Kier alpha value is -2.68. The molecule has 3 rings (SSSR count). The number of rotatable bonds is 4. The van der Waals surface area contributed by atoms with Crippen molar-refractivity contribution in [2.75, 3.05) is 5.32 Å². The number of fused-ring (bicyclic) bond motifs is 1. The van der Waals surface area contributed by atoms with Crippen molar-refractivity contribution in [3.63, 3.8) is 0 Å². The summed E-state index contributed by atoms with van der Waals surface area (Å²) in [4.78, 5) is 30.8. The quantitative estimate of drug-likeness (QED) is 0.486. The molecule has 22 heavy (non-hydrogen) atoms. The van der Waals surface area contributed by atoms with E-state index < -0.39 is 4.92 Å². The number of anilines is 1. The topological polar surface area (TPSA) is 117 Å². The van der Waals surface area contributed by atoms with Gasteiger partial charge in [-0.15, -0.1) is 0 Å². The summed E-state index contributed by atoms with van der Waals surface area (Å²) >= 11 is 3.25. The first-order chi connectivity index (χ1) is 10.5. The number of pyridine rings is 1. The molecule has 0 fully saturated rings. The third-order valence-electron chi connectivity index (χ3n) is 3.08. The van der Waals surface area contributed by atoms with Crippen LogP contribution in [0.4, 0.5) is 11.5 Å². The average Bonchev–Trinajstić information content (AvgIpc) is 2.85. The third kappa shape index (κ3) is 2.84. The van der Waals surface area contributed by atoms with Crippen LogP contribution in [0.2, 0.25) is 0 Å². The largest absolute Gasteiger partial charge is 0.365 e. The Morgan fingerprint density at radius 1 is 1.27 bits per heavy atom. The van der Waals surface area contributed by atoms with Gasteiger partial charge in [-0.25, -0.2) is 9.78 Å². The van der Waals surface area contributed by atoms with Crippen molar-refractivity contribution >= 4 is 38.5 Å². The van der Waals surface area contributed by atoms with E-state index in [9.17, 15) is 14.9 Å². The van der Waals surface area contributed by atoms with Crippen molar-refractivity contribution in [1.29, 1.82) is 0 Å². The molecular weight excluding hydrogens is 354 g/mol. The molecule has 0 saturated carbocycles. The molecule has 0 bridgehead atoms. The number of nitrogens with one attached hydrogen (secondary N) is 3. The molecule has 0 aliphatic carbocycles. The number of benzene rings is 1. The molecule has 0 aliphatic heterocycles. The molecule has 0 aliphatic rings. The number of halogens is 1. The monoisotopic (exact) mass is 363 g/mol. The van der Waals surface area contributed by atoms with E-state index in [0.717, 1.165) is 16.6 Å². The lowest BCUT2D eigenvalue weighted by atomic mass is 10.2. The normalized spacial score (nSPS) is 10.8. The summed E-state index contributed by atoms with van der Waals surface area (Å²) in [5, 5.41) is 13.7. The molecule has 0 atom stereocenters. The van der Waals surface area contributed by atoms with Crippen molar-refractivity contribution in [1.82, 2.24) is 15.0 Å². The van der Waals surface area contributed by atoms with E-state index in [0.29, 0.717) is 16.8 Å². The first-order valence-electron chi connectivity index (χ1n) is 6.27. The number of hydrogen-bond acceptors (Lipinski definition) is 5. The standard InChI is InChI=1S/C13H10BrN5O3/c14-9-4-8(19(21)22)6-16-12(9)15-5-7-1-2-10-11(3-7)18-13(20)17-10/h1-4,6H,5H2,(H,15,16)(H2,17,18,20). The molecule has 3 aromatic rings. The van der Waals surface area contributed by atoms with Gasteiger partial charge in [0.05, 0.1) is 20.4 Å². The van der Waals surface area contributed by atoms with Gasteiger partial charge in [-0.1, -0.05) is 6.07 Å². The van der Waals surface area contributed by atoms with Crippen molar-refractivity contribution in [2.45, 2.75) is 6.54 Å². The predicted octanol–water partition coefficient (Wildman–Crippen LogP) is 2.53. The molecular formula is C13H10BrN5O3. The molecule has 112 valence electrons. The fraction of sp³-hybridized carbons (Fsp3) is 0.0769. The predicted molar refractivity (Wildman–Crippen MR) is 84.8 cm³/mol. The van der Waals surface area contributed by atoms with Gasteiger partial charge in [0, 0.05) is 12.6 Å². The van der Waals surface area contributed by atoms with Crippen molar-refractivity contribution in [3.05, 3.63) is 61.1 Å². The van der Waals surface area contributed by atoms with E-state index in [-0.39, 0.29) is 11.4 Å². The van der Waals surface area contributed by atoms with Crippen LogP contribution in [0.25, 0.3) is 11.0 Å². The first kappa shape index (κ1) is 14.3. The summed E-state index contributed by atoms with van der Waals surface area (Å²) in [6, 6.07) is 6.92. The maximum atomic E-state index is 11.2. The van der Waals surface area contributed by atoms with Gasteiger partial charge in [-0.05, 0) is 33.6 Å². The Bertz CT molecular complexity index is 917. The lowest BCUT2D eigenvalue weighted by Gasteiger charge is -2.07. The van der Waals surface area contributed by atoms with Crippen LogP contribution in [0.15, 0.2) is 39.7 Å². The average molecular weight is 364 g/mol. The Kier molecular flexibility index (Phi) is 3.63. The van der Waals surface area contributed by atoms with E-state index in [4.69, 9.17) is 0 Å². The van der Waals surface area contributed by atoms with Gasteiger partial charge >= 0.3 is 5.69 Å². The molecule has 2 aromatic heterocycles. The summed E-state index contributed by atoms with van der Waals surface area (Å²) in [5.41, 5.74) is 2.07. The molecule has 2 heterocycles. The van der Waals surface area contributed by atoms with Crippen LogP contribution in [-0.2, 0) is 6.54 Å². The van der Waals surface area contributed by atoms with Crippen molar-refractivity contribution < 1.29 is 4.92 Å². The minimum atomic E-state index is -0.502. The second-order valence-corrected chi connectivity index (χ2v) is 5.45. The zero-order valence-electron chi connectivity index (χ0n) is 11.1. The van der Waals surface area contributed by atoms with Crippen LogP contribution in [0.5, 0.6) is 0 Å². The Morgan fingerprint density at radius 3 is 2.77 bits per heavy atom. The van der Waals surface area contributed by atoms with Gasteiger partial charge in [0.1, 0.15) is 12.0 Å². The number of nitro groups is 1. The van der Waals surface area contributed by atoms with E-state index in [1.807, 2.05) is 18.2 Å². The van der Waals surface area contributed by atoms with Gasteiger partial charge in [0.15, 0.2) is 0 Å². The first-order valence-corrected chi connectivity index (χ1v) is 7.07. The molecule has 0 spiro atoms. The highest BCUT2D eigenvalue weighted by Gasteiger charge is 2.10. The van der Waals surface area contributed by atoms with E-state index in [2.05, 4.69) is 36.2 Å². The number of aromatic amines is 2. The van der Waals surface area contributed by atoms with Gasteiger partial charge in [-0.2, -0.15) is 0 Å². The molecule has 3 N–H and O–H groups in total. The van der Waals surface area contributed by atoms with E-state index in [1.165, 1.54) is 12.3 Å². The molecule has 0 saturated heterocycles. The van der Waals surface area contributed by atoms with Crippen LogP contribution >= 0.6 is 15.9 Å². The molecule has 9 heteroatoms. The van der Waals surface area contributed by atoms with Gasteiger partial charge in [0.25, 0.3) is 5.69 Å². The minimum absolute atomic E-state index is 0.0799. The zero-order valence-corrected chi connectivity index (χ0v) is 12.7. The fourth-order valence-electron chi connectivity index (χ4n) is 2.03. The summed E-state index contributed by atoms with van der Waals surface area (Å²) in [5.74, 6) is 0.508. The maximum absolute atomic E-state index is 11.2. The molecule has 0 amide bonds. The smallest absolute Gasteiger partial charge is 0.323 e. The highest BCUT2D eigenvalue weighted by atomic mass is 79.9. The SMILES string of the molecule is O=c1[nH]c2ccc(CNc3ncc([N+](=O)[O-])cc3Br)cc2[nH]1. The van der Waals surface area contributed by atoms with Crippen LogP contribution < -0.4 is 11.0 Å². The van der Waals surface area contributed by atoms with Crippen molar-refractivity contribution in [2.24, 2.45) is 0 Å². The summed E-state index contributed by atoms with van der Waals surface area (Å²) < 4.78 is 0.512. The summed E-state index contributed by atoms with van der Waals surface area (Å²) in [6.45, 7) is 0.465. The van der Waals surface area contributed by atoms with Gasteiger partial charge < -0.3 is 15.3 Å². The Labute approximate surface area is 131 Å². The second-order valence-electron chi connectivity index (χ2n) is 4.59. The molecule has 0 radical (unpaired) electrons. The third-order valence-corrected chi connectivity index (χ3v) is 3.68. The fourth-order valence-corrected chi connectivity index (χ4v) is 2.51. The minimum Gasteiger partial charge on any atom is -0.365 e. The van der Waals surface area contributed by atoms with Crippen LogP contribution in [-0.4, -0.2) is 19.9 Å². The Balaban J connectivity index is 1.78. The van der Waals surface area contributed by atoms with Gasteiger partial charge in [-0.3, -0.25) is 10.1 Å². The number of H-pyrrole nitrogens is 2. The van der Waals surface area contributed by atoms with E-state index in [1.54, 1.807) is 0 Å². The van der Waals surface area contributed by atoms with Gasteiger partial charge in [0.2, 0.25) is 0 Å². The highest BCUT2D eigenvalue weighted by Crippen LogP contribution is 2.25. The lowest BCUT2D eigenvalue weighted by molar-refractivity contribution is -0.385. The molecule has 8 nitrogen and oxygen atoms in total. The highest BCUT2D eigenvalue weighted by molar-refractivity contribution is 9.10. The summed E-state index contributed by atoms with van der Waals surface area (Å²) in [6.07, 6.45) is 1.19. The number of aromatic nitrogens is 3. The van der Waals surface area contributed by atoms with Crippen LogP contribution in [0.3, 0.4) is 0 Å². The van der Waals surface area contributed by atoms with Crippen LogP contribution in [0.1, 0.15) is 5.56 Å². The van der Waals surface area contributed by atoms with Crippen LogP contribution in [0, 0.1) is 10.1 Å². The molecule has 0 unspecified atom stereocenters. The van der Waals surface area contributed by atoms with E-state index >= 15 is 0 Å². The Morgan fingerprint density at radius 2 is 2.05 bits per heavy atom. The zero-order chi connectivity index (χ0) is 15.7. The molecule has 1 aromatic carbocycles. The number of hydrogen-bond donors (Lipinski definition) is 3.